The molecule has 0 bridgehead atoms. The summed E-state index contributed by atoms with van der Waals surface area (Å²) in [7, 11) is 0. The molecule has 28 heavy (non-hydrogen) atoms. The number of aromatic nitrogens is 2. The van der Waals surface area contributed by atoms with Crippen molar-refractivity contribution in [2.45, 2.75) is 38.2 Å². The van der Waals surface area contributed by atoms with Gasteiger partial charge in [-0.25, -0.2) is 0 Å². The van der Waals surface area contributed by atoms with Crippen molar-refractivity contribution in [2.24, 2.45) is 11.7 Å². The lowest BCUT2D eigenvalue weighted by Gasteiger charge is -2.38. The smallest absolute Gasteiger partial charge is 0.222 e. The number of hydrogen-bond donors (Lipinski definition) is 2. The zero-order valence-corrected chi connectivity index (χ0v) is 16.4. The molecule has 1 saturated heterocycles. The minimum atomic E-state index is -0.390. The summed E-state index contributed by atoms with van der Waals surface area (Å²) in [4.78, 5) is 25.9. The number of nitrogens with one attached hydrogen (secondary N) is 1. The molecule has 3 rings (SSSR count). The first kappa shape index (κ1) is 20.2. The van der Waals surface area contributed by atoms with E-state index in [-0.39, 0.29) is 30.3 Å². The van der Waals surface area contributed by atoms with E-state index in [1.54, 1.807) is 18.3 Å². The van der Waals surface area contributed by atoms with E-state index in [1.807, 2.05) is 23.2 Å². The number of carbonyl (C=O) groups excluding carboxylic acids is 2. The number of hydrogen-bond acceptors (Lipinski definition) is 4. The fourth-order valence-electron chi connectivity index (χ4n) is 3.58. The number of rotatable bonds is 8. The number of carbonyl (C=O) groups is 2. The standard InChI is InChI=1S/C20H25ClN4O3/c21-16-4-2-5-17(10-16)28-18-7-8-25(13-15(18)9-19(22)26)20(27)6-1-3-14-11-23-24-12-14/h2,4-5,10-12,15,18H,1,3,6-9,13H2,(H2,22,26)(H,23,24)/t15-,18-/m0/s1. The summed E-state index contributed by atoms with van der Waals surface area (Å²) in [5.74, 6) is 0.230. The summed E-state index contributed by atoms with van der Waals surface area (Å²) in [6.07, 6.45) is 6.30. The highest BCUT2D eigenvalue weighted by atomic mass is 35.5. The van der Waals surface area contributed by atoms with E-state index in [0.717, 1.165) is 18.4 Å². The molecule has 1 aromatic carbocycles. The number of likely N-dealkylation sites (tertiary alicyclic amines) is 1. The minimum Gasteiger partial charge on any atom is -0.490 e. The summed E-state index contributed by atoms with van der Waals surface area (Å²) in [6, 6.07) is 7.18. The number of aromatic amines is 1. The lowest BCUT2D eigenvalue weighted by atomic mass is 9.90. The van der Waals surface area contributed by atoms with Gasteiger partial charge in [0.25, 0.3) is 0 Å². The fraction of sp³-hybridized carbons (Fsp3) is 0.450. The number of H-pyrrole nitrogens is 1. The van der Waals surface area contributed by atoms with Gasteiger partial charge in [-0.3, -0.25) is 14.7 Å². The van der Waals surface area contributed by atoms with E-state index < -0.39 is 0 Å². The van der Waals surface area contributed by atoms with Crippen LogP contribution in [0, 0.1) is 5.92 Å². The van der Waals surface area contributed by atoms with Crippen molar-refractivity contribution in [3.63, 3.8) is 0 Å². The minimum absolute atomic E-state index is 0.0965. The first-order chi connectivity index (χ1) is 13.5. The predicted octanol–water partition coefficient (Wildman–Crippen LogP) is 2.56. The van der Waals surface area contributed by atoms with Gasteiger partial charge in [0.05, 0.1) is 6.20 Å². The lowest BCUT2D eigenvalue weighted by Crippen LogP contribution is -2.49. The molecule has 0 spiro atoms. The third kappa shape index (κ3) is 5.73. The Bertz CT molecular complexity index is 797. The molecule has 1 aromatic heterocycles. The third-order valence-electron chi connectivity index (χ3n) is 4.97. The second-order valence-corrected chi connectivity index (χ2v) is 7.57. The molecule has 2 amide bonds. The van der Waals surface area contributed by atoms with Crippen LogP contribution in [0.2, 0.25) is 5.02 Å². The summed E-state index contributed by atoms with van der Waals surface area (Å²) < 4.78 is 6.07. The number of primary amides is 1. The van der Waals surface area contributed by atoms with Crippen LogP contribution in [0.5, 0.6) is 5.75 Å². The van der Waals surface area contributed by atoms with Crippen molar-refractivity contribution in [1.82, 2.24) is 15.1 Å². The molecule has 0 saturated carbocycles. The van der Waals surface area contributed by atoms with Gasteiger partial charge in [-0.15, -0.1) is 0 Å². The van der Waals surface area contributed by atoms with Crippen LogP contribution in [0.1, 0.15) is 31.2 Å². The molecule has 0 radical (unpaired) electrons. The van der Waals surface area contributed by atoms with Crippen molar-refractivity contribution in [1.29, 1.82) is 0 Å². The van der Waals surface area contributed by atoms with Gasteiger partial charge in [0.1, 0.15) is 11.9 Å². The molecule has 2 heterocycles. The second kappa shape index (κ2) is 9.59. The molecule has 1 aliphatic rings. The zero-order chi connectivity index (χ0) is 19.9. The molecule has 1 aliphatic heterocycles. The number of piperidine rings is 1. The van der Waals surface area contributed by atoms with Crippen molar-refractivity contribution in [3.8, 4) is 5.75 Å². The van der Waals surface area contributed by atoms with E-state index in [9.17, 15) is 9.59 Å². The number of nitrogens with zero attached hydrogens (tertiary/aromatic N) is 2. The molecule has 2 atom stereocenters. The summed E-state index contributed by atoms with van der Waals surface area (Å²) in [6.45, 7) is 1.07. The van der Waals surface area contributed by atoms with Gasteiger partial charge < -0.3 is 15.4 Å². The van der Waals surface area contributed by atoms with Crippen LogP contribution >= 0.6 is 11.6 Å². The van der Waals surface area contributed by atoms with Crippen LogP contribution < -0.4 is 10.5 Å². The first-order valence-electron chi connectivity index (χ1n) is 9.47. The first-order valence-corrected chi connectivity index (χ1v) is 9.85. The van der Waals surface area contributed by atoms with Crippen LogP contribution in [0.3, 0.4) is 0 Å². The van der Waals surface area contributed by atoms with E-state index in [4.69, 9.17) is 22.1 Å². The third-order valence-corrected chi connectivity index (χ3v) is 5.21. The SMILES string of the molecule is NC(=O)C[C@H]1CN(C(=O)CCCc2cn[nH]c2)CC[C@@H]1Oc1cccc(Cl)c1. The molecule has 3 N–H and O–H groups in total. The van der Waals surface area contributed by atoms with Crippen LogP contribution in [0.15, 0.2) is 36.7 Å². The largest absolute Gasteiger partial charge is 0.490 e. The predicted molar refractivity (Wildman–Crippen MR) is 106 cm³/mol. The molecule has 0 aliphatic carbocycles. The molecule has 8 heteroatoms. The topological polar surface area (TPSA) is 101 Å². The average Bonchev–Trinajstić information content (AvgIpc) is 3.16. The van der Waals surface area contributed by atoms with Gasteiger partial charge in [-0.1, -0.05) is 17.7 Å². The van der Waals surface area contributed by atoms with Crippen LogP contribution in [-0.2, 0) is 16.0 Å². The van der Waals surface area contributed by atoms with E-state index in [2.05, 4.69) is 10.2 Å². The van der Waals surface area contributed by atoms with E-state index in [1.165, 1.54) is 0 Å². The van der Waals surface area contributed by atoms with Crippen molar-refractivity contribution >= 4 is 23.4 Å². The number of halogens is 1. The maximum Gasteiger partial charge on any atom is 0.222 e. The number of ether oxygens (including phenoxy) is 1. The van der Waals surface area contributed by atoms with E-state index >= 15 is 0 Å². The quantitative estimate of drug-likeness (QED) is 0.705. The summed E-state index contributed by atoms with van der Waals surface area (Å²) in [5, 5.41) is 7.27. The lowest BCUT2D eigenvalue weighted by molar-refractivity contribution is -0.136. The summed E-state index contributed by atoms with van der Waals surface area (Å²) >= 11 is 6.02. The number of aryl methyl sites for hydroxylation is 1. The Morgan fingerprint density at radius 2 is 2.25 bits per heavy atom. The van der Waals surface area contributed by atoms with Gasteiger partial charge in [0.2, 0.25) is 11.8 Å². The van der Waals surface area contributed by atoms with Gasteiger partial charge in [-0.05, 0) is 36.6 Å². The zero-order valence-electron chi connectivity index (χ0n) is 15.6. The average molecular weight is 405 g/mol. The second-order valence-electron chi connectivity index (χ2n) is 7.13. The number of amides is 2. The highest BCUT2D eigenvalue weighted by Gasteiger charge is 2.33. The van der Waals surface area contributed by atoms with Gasteiger partial charge >= 0.3 is 0 Å². The monoisotopic (exact) mass is 404 g/mol. The normalized spacial score (nSPS) is 19.4. The molecular weight excluding hydrogens is 380 g/mol. The van der Waals surface area contributed by atoms with Gasteiger partial charge in [0, 0.05) is 49.5 Å². The molecule has 2 aromatic rings. The van der Waals surface area contributed by atoms with Gasteiger partial charge in [0.15, 0.2) is 0 Å². The fourth-order valence-corrected chi connectivity index (χ4v) is 3.76. The van der Waals surface area contributed by atoms with Crippen molar-refractivity contribution in [3.05, 3.63) is 47.2 Å². The van der Waals surface area contributed by atoms with Crippen molar-refractivity contribution < 1.29 is 14.3 Å². The van der Waals surface area contributed by atoms with Crippen LogP contribution in [0.4, 0.5) is 0 Å². The molecule has 150 valence electrons. The Morgan fingerprint density at radius 3 is 2.96 bits per heavy atom. The van der Waals surface area contributed by atoms with Crippen molar-refractivity contribution in [2.75, 3.05) is 13.1 Å². The number of benzene rings is 1. The molecule has 1 fully saturated rings. The molecular formula is C20H25ClN4O3. The molecule has 0 unspecified atom stereocenters. The Morgan fingerprint density at radius 1 is 1.39 bits per heavy atom. The highest BCUT2D eigenvalue weighted by Crippen LogP contribution is 2.27. The van der Waals surface area contributed by atoms with Gasteiger partial charge in [-0.2, -0.15) is 5.10 Å². The maximum atomic E-state index is 12.6. The molecule has 7 nitrogen and oxygen atoms in total. The Hall–Kier alpha value is -2.54. The van der Waals surface area contributed by atoms with Crippen LogP contribution in [-0.4, -0.2) is 46.1 Å². The number of nitrogens with two attached hydrogens (primary N) is 1. The Balaban J connectivity index is 1.56. The van der Waals surface area contributed by atoms with E-state index in [0.29, 0.717) is 36.7 Å². The summed E-state index contributed by atoms with van der Waals surface area (Å²) in [5.41, 5.74) is 6.52. The Kier molecular flexibility index (Phi) is 6.92. The highest BCUT2D eigenvalue weighted by molar-refractivity contribution is 6.30. The Labute approximate surface area is 169 Å². The van der Waals surface area contributed by atoms with Crippen LogP contribution in [0.25, 0.3) is 0 Å². The maximum absolute atomic E-state index is 12.6.